The van der Waals surface area contributed by atoms with Gasteiger partial charge in [-0.05, 0) is 24.5 Å². The highest BCUT2D eigenvalue weighted by Gasteiger charge is 2.20. The fourth-order valence-corrected chi connectivity index (χ4v) is 2.85. The van der Waals surface area contributed by atoms with Crippen LogP contribution in [0.4, 0.5) is 4.79 Å². The molecule has 0 spiro atoms. The quantitative estimate of drug-likeness (QED) is 0.923. The molecule has 1 heterocycles. The van der Waals surface area contributed by atoms with Gasteiger partial charge in [-0.2, -0.15) is 0 Å². The van der Waals surface area contributed by atoms with Gasteiger partial charge in [0.1, 0.15) is 6.61 Å². The average Bonchev–Trinajstić information content (AvgIpc) is 2.99. The molecule has 1 aliphatic rings. The number of Topliss-reactive ketones (excluding diaryl/α,β-unsaturated/α-hetero) is 1. The highest BCUT2D eigenvalue weighted by molar-refractivity contribution is 5.98. The Kier molecular flexibility index (Phi) is 4.76. The molecule has 0 bridgehead atoms. The van der Waals surface area contributed by atoms with Crippen molar-refractivity contribution in [1.29, 1.82) is 0 Å². The van der Waals surface area contributed by atoms with E-state index in [1.54, 1.807) is 0 Å². The van der Waals surface area contributed by atoms with Gasteiger partial charge in [0.15, 0.2) is 5.78 Å². The molecular weight excluding hydrogens is 292 g/mol. The Morgan fingerprint density at radius 2 is 2.00 bits per heavy atom. The Morgan fingerprint density at radius 1 is 1.17 bits per heavy atom. The molecule has 2 aromatic rings. The van der Waals surface area contributed by atoms with E-state index in [1.165, 1.54) is 0 Å². The van der Waals surface area contributed by atoms with Crippen LogP contribution in [0.3, 0.4) is 0 Å². The molecule has 1 N–H and O–H groups in total. The van der Waals surface area contributed by atoms with Crippen molar-refractivity contribution in [3.05, 3.63) is 59.4 Å². The molecule has 0 fully saturated rings. The van der Waals surface area contributed by atoms with Crippen LogP contribution in [0.15, 0.2) is 42.6 Å². The largest absolute Gasteiger partial charge is 0.445 e. The van der Waals surface area contributed by atoms with Crippen molar-refractivity contribution < 1.29 is 14.3 Å². The number of alkyl carbamates (subject to hydrolysis) is 1. The van der Waals surface area contributed by atoms with E-state index in [9.17, 15) is 9.59 Å². The SMILES string of the molecule is O=C(NCCn1ccc2c1CCCC2=O)OCc1ccccc1. The van der Waals surface area contributed by atoms with Crippen molar-refractivity contribution in [3.8, 4) is 0 Å². The second-order valence-corrected chi connectivity index (χ2v) is 5.63. The maximum absolute atomic E-state index is 11.8. The van der Waals surface area contributed by atoms with Crippen molar-refractivity contribution >= 4 is 11.9 Å². The minimum Gasteiger partial charge on any atom is -0.445 e. The van der Waals surface area contributed by atoms with Crippen LogP contribution in [-0.4, -0.2) is 23.0 Å². The molecule has 1 aromatic carbocycles. The summed E-state index contributed by atoms with van der Waals surface area (Å²) in [6.45, 7) is 1.38. The number of nitrogens with one attached hydrogen (secondary N) is 1. The Morgan fingerprint density at radius 3 is 2.83 bits per heavy atom. The van der Waals surface area contributed by atoms with E-state index < -0.39 is 6.09 Å². The average molecular weight is 312 g/mol. The van der Waals surface area contributed by atoms with E-state index in [2.05, 4.69) is 5.32 Å². The van der Waals surface area contributed by atoms with Gasteiger partial charge in [-0.15, -0.1) is 0 Å². The molecule has 1 amide bonds. The third kappa shape index (κ3) is 3.80. The molecule has 5 nitrogen and oxygen atoms in total. The summed E-state index contributed by atoms with van der Waals surface area (Å²) < 4.78 is 7.21. The maximum Gasteiger partial charge on any atom is 0.407 e. The fourth-order valence-electron chi connectivity index (χ4n) is 2.85. The van der Waals surface area contributed by atoms with Crippen LogP contribution in [-0.2, 0) is 24.3 Å². The minimum absolute atomic E-state index is 0.222. The number of amides is 1. The molecule has 3 rings (SSSR count). The first kappa shape index (κ1) is 15.3. The highest BCUT2D eigenvalue weighted by Crippen LogP contribution is 2.22. The van der Waals surface area contributed by atoms with Gasteiger partial charge in [-0.3, -0.25) is 4.79 Å². The van der Waals surface area contributed by atoms with Gasteiger partial charge < -0.3 is 14.6 Å². The van der Waals surface area contributed by atoms with E-state index in [1.807, 2.05) is 47.2 Å². The Balaban J connectivity index is 1.45. The smallest absolute Gasteiger partial charge is 0.407 e. The molecule has 1 aromatic heterocycles. The lowest BCUT2D eigenvalue weighted by Crippen LogP contribution is -2.28. The molecule has 0 unspecified atom stereocenters. The van der Waals surface area contributed by atoms with E-state index >= 15 is 0 Å². The first-order valence-corrected chi connectivity index (χ1v) is 7.90. The normalized spacial score (nSPS) is 13.5. The summed E-state index contributed by atoms with van der Waals surface area (Å²) in [6.07, 6.45) is 3.96. The first-order chi connectivity index (χ1) is 11.2. The lowest BCUT2D eigenvalue weighted by molar-refractivity contribution is 0.0971. The van der Waals surface area contributed by atoms with Crippen molar-refractivity contribution in [1.82, 2.24) is 9.88 Å². The number of hydrogen-bond acceptors (Lipinski definition) is 3. The number of nitrogens with zero attached hydrogens (tertiary/aromatic N) is 1. The number of aromatic nitrogens is 1. The van der Waals surface area contributed by atoms with E-state index in [4.69, 9.17) is 4.74 Å². The molecular formula is C18H20N2O3. The predicted molar refractivity (Wildman–Crippen MR) is 86.3 cm³/mol. The molecule has 0 saturated carbocycles. The standard InChI is InChI=1S/C18H20N2O3/c21-17-8-4-7-16-15(17)9-11-20(16)12-10-19-18(22)23-13-14-5-2-1-3-6-14/h1-3,5-6,9,11H,4,7-8,10,12-13H2,(H,19,22). The van der Waals surface area contributed by atoms with Gasteiger partial charge >= 0.3 is 6.09 Å². The lowest BCUT2D eigenvalue weighted by atomic mass is 9.97. The van der Waals surface area contributed by atoms with E-state index in [-0.39, 0.29) is 12.4 Å². The molecule has 0 atom stereocenters. The maximum atomic E-state index is 11.8. The van der Waals surface area contributed by atoms with Crippen molar-refractivity contribution in [2.75, 3.05) is 6.54 Å². The van der Waals surface area contributed by atoms with Gasteiger partial charge in [0.05, 0.1) is 0 Å². The fraction of sp³-hybridized carbons (Fsp3) is 0.333. The van der Waals surface area contributed by atoms with Crippen LogP contribution in [0.25, 0.3) is 0 Å². The van der Waals surface area contributed by atoms with Gasteiger partial charge in [0, 0.05) is 37.0 Å². The number of benzene rings is 1. The number of ketones is 1. The van der Waals surface area contributed by atoms with Gasteiger partial charge in [-0.25, -0.2) is 4.79 Å². The first-order valence-electron chi connectivity index (χ1n) is 7.90. The highest BCUT2D eigenvalue weighted by atomic mass is 16.5. The number of carbonyl (C=O) groups excluding carboxylic acids is 2. The number of rotatable bonds is 5. The molecule has 0 saturated heterocycles. The van der Waals surface area contributed by atoms with Crippen LogP contribution in [0.5, 0.6) is 0 Å². The third-order valence-electron chi connectivity index (χ3n) is 4.03. The summed E-state index contributed by atoms with van der Waals surface area (Å²) in [5.74, 6) is 0.222. The van der Waals surface area contributed by atoms with Crippen molar-refractivity contribution in [2.24, 2.45) is 0 Å². The Hall–Kier alpha value is -2.56. The van der Waals surface area contributed by atoms with Gasteiger partial charge in [0.2, 0.25) is 0 Å². The van der Waals surface area contributed by atoms with Crippen LogP contribution < -0.4 is 5.32 Å². The van der Waals surface area contributed by atoms with Crippen molar-refractivity contribution in [2.45, 2.75) is 32.4 Å². The van der Waals surface area contributed by atoms with Crippen LogP contribution in [0.1, 0.15) is 34.5 Å². The van der Waals surface area contributed by atoms with Crippen LogP contribution in [0, 0.1) is 0 Å². The number of hydrogen-bond donors (Lipinski definition) is 1. The summed E-state index contributed by atoms with van der Waals surface area (Å²) >= 11 is 0. The van der Waals surface area contributed by atoms with Gasteiger partial charge in [0.25, 0.3) is 0 Å². The Bertz CT molecular complexity index is 692. The molecule has 0 aliphatic heterocycles. The lowest BCUT2D eigenvalue weighted by Gasteiger charge is -2.15. The molecule has 5 heteroatoms. The second-order valence-electron chi connectivity index (χ2n) is 5.63. The minimum atomic E-state index is -0.425. The third-order valence-corrected chi connectivity index (χ3v) is 4.03. The summed E-state index contributed by atoms with van der Waals surface area (Å²) in [7, 11) is 0. The summed E-state index contributed by atoms with van der Waals surface area (Å²) in [5.41, 5.74) is 2.88. The number of carbonyl (C=O) groups is 2. The van der Waals surface area contributed by atoms with Crippen molar-refractivity contribution in [3.63, 3.8) is 0 Å². The zero-order chi connectivity index (χ0) is 16.1. The summed E-state index contributed by atoms with van der Waals surface area (Å²) in [4.78, 5) is 23.5. The molecule has 120 valence electrons. The van der Waals surface area contributed by atoms with Crippen LogP contribution >= 0.6 is 0 Å². The zero-order valence-corrected chi connectivity index (χ0v) is 13.0. The number of fused-ring (bicyclic) bond motifs is 1. The topological polar surface area (TPSA) is 60.3 Å². The van der Waals surface area contributed by atoms with Crippen LogP contribution in [0.2, 0.25) is 0 Å². The molecule has 23 heavy (non-hydrogen) atoms. The second kappa shape index (κ2) is 7.13. The Labute approximate surface area is 135 Å². The number of ether oxygens (including phenoxy) is 1. The summed E-state index contributed by atoms with van der Waals surface area (Å²) in [6, 6.07) is 11.4. The van der Waals surface area contributed by atoms with E-state index in [0.29, 0.717) is 19.5 Å². The monoisotopic (exact) mass is 312 g/mol. The predicted octanol–water partition coefficient (Wildman–Crippen LogP) is 2.93. The van der Waals surface area contributed by atoms with E-state index in [0.717, 1.165) is 29.7 Å². The van der Waals surface area contributed by atoms with Gasteiger partial charge in [-0.1, -0.05) is 30.3 Å². The zero-order valence-electron chi connectivity index (χ0n) is 13.0. The summed E-state index contributed by atoms with van der Waals surface area (Å²) in [5, 5.41) is 2.74. The molecule has 0 radical (unpaired) electrons. The molecule has 1 aliphatic carbocycles.